The minimum absolute atomic E-state index is 0.0225. The molecular weight excluding hydrogens is 348 g/mol. The summed E-state index contributed by atoms with van der Waals surface area (Å²) in [6.07, 6.45) is 1.17. The van der Waals surface area contributed by atoms with Crippen molar-refractivity contribution in [2.75, 3.05) is 33.0 Å². The van der Waals surface area contributed by atoms with E-state index < -0.39 is 10.0 Å². The molecule has 0 spiro atoms. The summed E-state index contributed by atoms with van der Waals surface area (Å²) in [6, 6.07) is 5.91. The van der Waals surface area contributed by atoms with Gasteiger partial charge in [-0.1, -0.05) is 5.22 Å². The molecule has 0 unspecified atom stereocenters. The van der Waals surface area contributed by atoms with Gasteiger partial charge in [0.1, 0.15) is 6.33 Å². The van der Waals surface area contributed by atoms with Gasteiger partial charge in [-0.25, -0.2) is 13.4 Å². The Hall–Kier alpha value is -2.95. The highest BCUT2D eigenvalue weighted by Gasteiger charge is 2.20. The fourth-order valence-electron chi connectivity index (χ4n) is 1.78. The van der Waals surface area contributed by atoms with Crippen LogP contribution in [-0.4, -0.2) is 51.7 Å². The highest BCUT2D eigenvalue weighted by molar-refractivity contribution is 7.92. The zero-order chi connectivity index (χ0) is 18.4. The predicted molar refractivity (Wildman–Crippen MR) is 90.6 cm³/mol. The molecule has 1 N–H and O–H groups in total. The van der Waals surface area contributed by atoms with Crippen molar-refractivity contribution in [3.63, 3.8) is 0 Å². The fraction of sp³-hybridized carbons (Fsp3) is 0.286. The summed E-state index contributed by atoms with van der Waals surface area (Å²) in [6.45, 7) is 0. The van der Waals surface area contributed by atoms with Crippen LogP contribution in [0.25, 0.3) is 0 Å². The third kappa shape index (κ3) is 4.53. The number of hydrogen-bond donors (Lipinski definition) is 1. The zero-order valence-corrected chi connectivity index (χ0v) is 15.0. The number of hydrogen-bond acceptors (Lipinski definition) is 8. The van der Waals surface area contributed by atoms with Crippen molar-refractivity contribution >= 4 is 21.5 Å². The Kier molecular flexibility index (Phi) is 5.70. The second-order valence-electron chi connectivity index (χ2n) is 4.90. The molecule has 2 rings (SSSR count). The number of rotatable bonds is 7. The Balaban J connectivity index is 2.28. The summed E-state index contributed by atoms with van der Waals surface area (Å²) in [5.41, 5.74) is 0.522. The monoisotopic (exact) mass is 366 g/mol. The zero-order valence-electron chi connectivity index (χ0n) is 14.2. The van der Waals surface area contributed by atoms with E-state index in [-0.39, 0.29) is 22.3 Å². The molecule has 0 bridgehead atoms. The lowest BCUT2D eigenvalue weighted by molar-refractivity contribution is 0.342. The number of sulfonamides is 1. The minimum atomic E-state index is -3.88. The molecule has 10 nitrogen and oxygen atoms in total. The van der Waals surface area contributed by atoms with Crippen molar-refractivity contribution in [1.82, 2.24) is 15.0 Å². The summed E-state index contributed by atoms with van der Waals surface area (Å²) in [5, 5.41) is 9.31. The maximum absolute atomic E-state index is 12.5. The second-order valence-corrected chi connectivity index (χ2v) is 6.58. The third-order valence-corrected chi connectivity index (χ3v) is 4.24. The molecule has 25 heavy (non-hydrogen) atoms. The van der Waals surface area contributed by atoms with Crippen molar-refractivity contribution < 1.29 is 17.9 Å². The molecule has 2 aromatic rings. The smallest absolute Gasteiger partial charge is 0.263 e. The van der Waals surface area contributed by atoms with Gasteiger partial charge in [0.15, 0.2) is 5.82 Å². The normalized spacial score (nSPS) is 11.4. The maximum atomic E-state index is 12.5. The molecule has 0 aliphatic rings. The van der Waals surface area contributed by atoms with Crippen molar-refractivity contribution in [2.45, 2.75) is 4.90 Å². The van der Waals surface area contributed by atoms with Crippen LogP contribution in [0.2, 0.25) is 0 Å². The van der Waals surface area contributed by atoms with Crippen molar-refractivity contribution in [3.8, 4) is 11.6 Å². The lowest BCUT2D eigenvalue weighted by atomic mass is 10.3. The van der Waals surface area contributed by atoms with E-state index in [1.807, 2.05) is 0 Å². The van der Waals surface area contributed by atoms with Crippen LogP contribution >= 0.6 is 0 Å². The van der Waals surface area contributed by atoms with E-state index in [0.717, 1.165) is 0 Å². The molecule has 0 saturated heterocycles. The standard InChI is InChI=1S/C14H18N6O4S/c1-20(2)19-17-10-5-7-11(8-6-10)25(21,22)18-13-12(23-3)14(24-4)16-9-15-13/h5-9H,1-4H3,(H,15,16,18). The van der Waals surface area contributed by atoms with E-state index in [2.05, 4.69) is 25.0 Å². The van der Waals surface area contributed by atoms with Crippen LogP contribution < -0.4 is 14.2 Å². The van der Waals surface area contributed by atoms with Gasteiger partial charge in [0.05, 0.1) is 24.8 Å². The predicted octanol–water partition coefficient (Wildman–Crippen LogP) is 1.85. The van der Waals surface area contributed by atoms with Gasteiger partial charge in [-0.2, -0.15) is 4.98 Å². The van der Waals surface area contributed by atoms with E-state index in [4.69, 9.17) is 9.47 Å². The number of methoxy groups -OCH3 is 2. The topological polar surface area (TPSA) is 118 Å². The molecule has 0 aliphatic heterocycles. The Labute approximate surface area is 145 Å². The average molecular weight is 366 g/mol. The number of nitrogens with zero attached hydrogens (tertiary/aromatic N) is 5. The Morgan fingerprint density at radius 2 is 1.76 bits per heavy atom. The molecule has 0 radical (unpaired) electrons. The molecule has 11 heteroatoms. The number of nitrogens with one attached hydrogen (secondary N) is 1. The molecule has 1 heterocycles. The highest BCUT2D eigenvalue weighted by Crippen LogP contribution is 2.32. The summed E-state index contributed by atoms with van der Waals surface area (Å²) in [5.74, 6) is 0.186. The van der Waals surface area contributed by atoms with E-state index in [1.54, 1.807) is 26.2 Å². The summed E-state index contributed by atoms with van der Waals surface area (Å²) < 4.78 is 37.5. The van der Waals surface area contributed by atoms with Gasteiger partial charge in [0.25, 0.3) is 15.9 Å². The first-order valence-electron chi connectivity index (χ1n) is 7.02. The largest absolute Gasteiger partial charge is 0.489 e. The van der Waals surface area contributed by atoms with Crippen LogP contribution in [0.1, 0.15) is 0 Å². The van der Waals surface area contributed by atoms with Gasteiger partial charge in [0, 0.05) is 14.1 Å². The Morgan fingerprint density at radius 3 is 2.32 bits per heavy atom. The Bertz CT molecular complexity index is 852. The summed E-state index contributed by atoms with van der Waals surface area (Å²) in [7, 11) is 2.34. The number of anilines is 1. The van der Waals surface area contributed by atoms with Crippen molar-refractivity contribution in [3.05, 3.63) is 30.6 Å². The van der Waals surface area contributed by atoms with Gasteiger partial charge in [-0.15, -0.1) is 5.11 Å². The quantitative estimate of drug-likeness (QED) is 0.587. The van der Waals surface area contributed by atoms with Crippen LogP contribution in [0.15, 0.2) is 45.8 Å². The summed E-state index contributed by atoms with van der Waals surface area (Å²) >= 11 is 0. The van der Waals surface area contributed by atoms with Crippen LogP contribution in [0, 0.1) is 0 Å². The molecule has 1 aromatic heterocycles. The van der Waals surface area contributed by atoms with Gasteiger partial charge >= 0.3 is 0 Å². The molecule has 0 amide bonds. The minimum Gasteiger partial charge on any atom is -0.489 e. The molecule has 0 saturated carbocycles. The lowest BCUT2D eigenvalue weighted by Gasteiger charge is -2.12. The maximum Gasteiger partial charge on any atom is 0.263 e. The number of aromatic nitrogens is 2. The van der Waals surface area contributed by atoms with Crippen LogP contribution in [0.3, 0.4) is 0 Å². The molecule has 1 aromatic carbocycles. The fourth-order valence-corrected chi connectivity index (χ4v) is 2.79. The molecule has 0 atom stereocenters. The SMILES string of the molecule is COc1ncnc(NS(=O)(=O)c2ccc(N=NN(C)C)cc2)c1OC. The third-order valence-electron chi connectivity index (χ3n) is 2.89. The number of ether oxygens (including phenoxy) is 2. The second kappa shape index (κ2) is 7.75. The van der Waals surface area contributed by atoms with E-state index in [0.29, 0.717) is 5.69 Å². The van der Waals surface area contributed by atoms with E-state index in [1.165, 1.54) is 37.7 Å². The number of benzene rings is 1. The van der Waals surface area contributed by atoms with Crippen LogP contribution in [-0.2, 0) is 10.0 Å². The van der Waals surface area contributed by atoms with Crippen LogP contribution in [0.4, 0.5) is 11.5 Å². The van der Waals surface area contributed by atoms with E-state index >= 15 is 0 Å². The van der Waals surface area contributed by atoms with Gasteiger partial charge < -0.3 is 9.47 Å². The van der Waals surface area contributed by atoms with Gasteiger partial charge in [0.2, 0.25) is 5.75 Å². The van der Waals surface area contributed by atoms with E-state index in [9.17, 15) is 8.42 Å². The molecule has 0 fully saturated rings. The molecular formula is C14H18N6O4S. The first-order valence-corrected chi connectivity index (χ1v) is 8.50. The first-order chi connectivity index (χ1) is 11.9. The van der Waals surface area contributed by atoms with Crippen molar-refractivity contribution in [2.24, 2.45) is 10.3 Å². The first kappa shape index (κ1) is 18.4. The molecule has 134 valence electrons. The Morgan fingerprint density at radius 1 is 1.08 bits per heavy atom. The van der Waals surface area contributed by atoms with Gasteiger partial charge in [-0.05, 0) is 24.3 Å². The summed E-state index contributed by atoms with van der Waals surface area (Å²) in [4.78, 5) is 7.79. The van der Waals surface area contributed by atoms with Crippen molar-refractivity contribution in [1.29, 1.82) is 0 Å². The molecule has 0 aliphatic carbocycles. The van der Waals surface area contributed by atoms with Gasteiger partial charge in [-0.3, -0.25) is 9.73 Å². The highest BCUT2D eigenvalue weighted by atomic mass is 32.2. The lowest BCUT2D eigenvalue weighted by Crippen LogP contribution is -2.15. The average Bonchev–Trinajstić information content (AvgIpc) is 2.59. The van der Waals surface area contributed by atoms with Crippen LogP contribution in [0.5, 0.6) is 11.6 Å².